The van der Waals surface area contributed by atoms with Gasteiger partial charge in [0.15, 0.2) is 0 Å². The van der Waals surface area contributed by atoms with Gasteiger partial charge in [0.25, 0.3) is 10.0 Å². The topological polar surface area (TPSA) is 87.7 Å². The van der Waals surface area contributed by atoms with Crippen molar-refractivity contribution in [1.82, 2.24) is 0 Å². The lowest BCUT2D eigenvalue weighted by molar-refractivity contribution is -0.111. The van der Waals surface area contributed by atoms with E-state index >= 15 is 0 Å². The van der Waals surface area contributed by atoms with E-state index in [2.05, 4.69) is 14.9 Å². The molecule has 9 heteroatoms. The van der Waals surface area contributed by atoms with E-state index in [0.29, 0.717) is 22.7 Å². The first-order valence-electron chi connectivity index (χ1n) is 11.1. The van der Waals surface area contributed by atoms with Crippen LogP contribution in [0, 0.1) is 5.82 Å². The second-order valence-corrected chi connectivity index (χ2v) is 9.77. The van der Waals surface area contributed by atoms with Crippen LogP contribution in [0.4, 0.5) is 21.5 Å². The number of anilines is 3. The van der Waals surface area contributed by atoms with Crippen molar-refractivity contribution in [1.29, 1.82) is 0 Å². The summed E-state index contributed by atoms with van der Waals surface area (Å²) in [7, 11) is -2.38. The number of ether oxygens (including phenoxy) is 1. The van der Waals surface area contributed by atoms with Crippen molar-refractivity contribution in [3.8, 4) is 5.75 Å². The van der Waals surface area contributed by atoms with Crippen LogP contribution in [0.5, 0.6) is 5.75 Å². The predicted octanol–water partition coefficient (Wildman–Crippen LogP) is 4.89. The van der Waals surface area contributed by atoms with Crippen LogP contribution in [0.1, 0.15) is 18.4 Å². The van der Waals surface area contributed by atoms with Crippen LogP contribution in [0.25, 0.3) is 6.08 Å². The third-order valence-corrected chi connectivity index (χ3v) is 6.98. The first-order valence-corrected chi connectivity index (χ1v) is 12.6. The largest absolute Gasteiger partial charge is 0.497 e. The summed E-state index contributed by atoms with van der Waals surface area (Å²) in [5.74, 6) is -0.238. The molecule has 1 fully saturated rings. The van der Waals surface area contributed by atoms with Gasteiger partial charge in [-0.1, -0.05) is 12.1 Å². The number of nitrogens with one attached hydrogen (secondary N) is 2. The zero-order chi connectivity index (χ0) is 24.8. The molecule has 182 valence electrons. The van der Waals surface area contributed by atoms with E-state index in [-0.39, 0.29) is 4.90 Å². The summed E-state index contributed by atoms with van der Waals surface area (Å²) < 4.78 is 47.2. The summed E-state index contributed by atoms with van der Waals surface area (Å²) in [5.41, 5.74) is 2.06. The highest BCUT2D eigenvalue weighted by Gasteiger charge is 2.21. The lowest BCUT2D eigenvalue weighted by atomic mass is 10.2. The number of nitrogens with zero attached hydrogens (tertiary/aromatic N) is 1. The molecule has 0 bridgehead atoms. The minimum Gasteiger partial charge on any atom is -0.497 e. The SMILES string of the molecule is COc1ccc(NS(=O)(=O)c2ccc(N3CCCC3)c(NC(=O)/C=C/c3cccc(F)c3)c2)cc1. The molecule has 1 aliphatic rings. The molecule has 3 aromatic rings. The summed E-state index contributed by atoms with van der Waals surface area (Å²) in [6.45, 7) is 1.64. The van der Waals surface area contributed by atoms with Gasteiger partial charge in [0.05, 0.1) is 23.4 Å². The Labute approximate surface area is 204 Å². The molecule has 0 spiro atoms. The van der Waals surface area contributed by atoms with Crippen LogP contribution in [0.3, 0.4) is 0 Å². The molecular formula is C26H26FN3O4S. The zero-order valence-electron chi connectivity index (χ0n) is 19.2. The van der Waals surface area contributed by atoms with Gasteiger partial charge < -0.3 is 15.0 Å². The van der Waals surface area contributed by atoms with Gasteiger partial charge in [0, 0.05) is 24.9 Å². The number of amides is 1. The van der Waals surface area contributed by atoms with E-state index in [4.69, 9.17) is 4.74 Å². The molecule has 0 saturated carbocycles. The molecule has 0 aliphatic carbocycles. The Kier molecular flexibility index (Phi) is 7.36. The number of hydrogen-bond donors (Lipinski definition) is 2. The molecule has 0 aromatic heterocycles. The number of hydrogen-bond acceptors (Lipinski definition) is 5. The molecule has 3 aromatic carbocycles. The Hall–Kier alpha value is -3.85. The number of rotatable bonds is 8. The summed E-state index contributed by atoms with van der Waals surface area (Å²) in [5, 5.41) is 2.79. The third-order valence-electron chi connectivity index (χ3n) is 5.60. The van der Waals surface area contributed by atoms with Crippen molar-refractivity contribution in [2.24, 2.45) is 0 Å². The minimum absolute atomic E-state index is 0.0145. The fraction of sp³-hybridized carbons (Fsp3) is 0.192. The van der Waals surface area contributed by atoms with Crippen LogP contribution in [-0.2, 0) is 14.8 Å². The maximum Gasteiger partial charge on any atom is 0.261 e. The van der Waals surface area contributed by atoms with Crippen LogP contribution in [0.2, 0.25) is 0 Å². The molecule has 1 heterocycles. The van der Waals surface area contributed by atoms with Gasteiger partial charge in [-0.25, -0.2) is 12.8 Å². The van der Waals surface area contributed by atoms with Crippen molar-refractivity contribution < 1.29 is 22.3 Å². The molecule has 1 amide bonds. The molecule has 1 saturated heterocycles. The lowest BCUT2D eigenvalue weighted by Crippen LogP contribution is -2.21. The first kappa shape index (κ1) is 24.3. The quantitative estimate of drug-likeness (QED) is 0.435. The van der Waals surface area contributed by atoms with Gasteiger partial charge in [0.1, 0.15) is 11.6 Å². The van der Waals surface area contributed by atoms with Crippen LogP contribution in [0.15, 0.2) is 77.7 Å². The van der Waals surface area contributed by atoms with Crippen molar-refractivity contribution in [2.45, 2.75) is 17.7 Å². The second-order valence-electron chi connectivity index (χ2n) is 8.08. The highest BCUT2D eigenvalue weighted by Crippen LogP contribution is 2.32. The smallest absolute Gasteiger partial charge is 0.261 e. The Morgan fingerprint density at radius 1 is 1.03 bits per heavy atom. The van der Waals surface area contributed by atoms with E-state index in [1.807, 2.05) is 0 Å². The fourth-order valence-corrected chi connectivity index (χ4v) is 4.93. The summed E-state index contributed by atoms with van der Waals surface area (Å²) in [4.78, 5) is 14.8. The third kappa shape index (κ3) is 6.19. The Bertz CT molecular complexity index is 1330. The highest BCUT2D eigenvalue weighted by molar-refractivity contribution is 7.92. The van der Waals surface area contributed by atoms with E-state index < -0.39 is 21.7 Å². The number of carbonyl (C=O) groups excluding carboxylic acids is 1. The van der Waals surface area contributed by atoms with E-state index in [1.165, 1.54) is 43.5 Å². The van der Waals surface area contributed by atoms with Gasteiger partial charge >= 0.3 is 0 Å². The maximum atomic E-state index is 13.4. The fourth-order valence-electron chi connectivity index (χ4n) is 3.85. The van der Waals surface area contributed by atoms with Crippen molar-refractivity contribution in [3.05, 3.63) is 84.2 Å². The number of methoxy groups -OCH3 is 1. The summed E-state index contributed by atoms with van der Waals surface area (Å²) in [6, 6.07) is 17.1. The Balaban J connectivity index is 1.59. The van der Waals surface area contributed by atoms with E-state index in [0.717, 1.165) is 31.6 Å². The molecule has 35 heavy (non-hydrogen) atoms. The molecule has 7 nitrogen and oxygen atoms in total. The molecular weight excluding hydrogens is 469 g/mol. The van der Waals surface area contributed by atoms with Crippen molar-refractivity contribution in [3.63, 3.8) is 0 Å². The summed E-state index contributed by atoms with van der Waals surface area (Å²) >= 11 is 0. The summed E-state index contributed by atoms with van der Waals surface area (Å²) in [6.07, 6.45) is 4.83. The molecule has 0 atom stereocenters. The number of carbonyl (C=O) groups is 1. The van der Waals surface area contributed by atoms with E-state index in [9.17, 15) is 17.6 Å². The second kappa shape index (κ2) is 10.6. The van der Waals surface area contributed by atoms with Gasteiger partial charge in [-0.05, 0) is 79.1 Å². The molecule has 2 N–H and O–H groups in total. The van der Waals surface area contributed by atoms with Crippen molar-refractivity contribution in [2.75, 3.05) is 35.1 Å². The minimum atomic E-state index is -3.91. The van der Waals surface area contributed by atoms with Crippen molar-refractivity contribution >= 4 is 39.1 Å². The molecule has 1 aliphatic heterocycles. The van der Waals surface area contributed by atoms with Crippen LogP contribution >= 0.6 is 0 Å². The lowest BCUT2D eigenvalue weighted by Gasteiger charge is -2.22. The Morgan fingerprint density at radius 3 is 2.46 bits per heavy atom. The number of benzene rings is 3. The first-order chi connectivity index (χ1) is 16.8. The van der Waals surface area contributed by atoms with E-state index in [1.54, 1.807) is 42.5 Å². The zero-order valence-corrected chi connectivity index (χ0v) is 20.0. The molecule has 0 radical (unpaired) electrons. The normalized spacial score (nSPS) is 13.7. The molecule has 0 unspecified atom stereocenters. The van der Waals surface area contributed by atoms with Gasteiger partial charge in [-0.15, -0.1) is 0 Å². The van der Waals surface area contributed by atoms with Gasteiger partial charge in [0.2, 0.25) is 5.91 Å². The standard InChI is InChI=1S/C26H26FN3O4S/c1-34-22-10-8-21(9-11-22)29-35(32,33)23-12-13-25(30-15-2-3-16-30)24(18-23)28-26(31)14-7-19-5-4-6-20(27)17-19/h4-14,17-18,29H,2-3,15-16H2,1H3,(H,28,31)/b14-7+. The number of halogens is 1. The maximum absolute atomic E-state index is 13.4. The van der Waals surface area contributed by atoms with Gasteiger partial charge in [-0.3, -0.25) is 9.52 Å². The van der Waals surface area contributed by atoms with Crippen LogP contribution < -0.4 is 19.7 Å². The highest BCUT2D eigenvalue weighted by atomic mass is 32.2. The molecule has 4 rings (SSSR count). The average molecular weight is 496 g/mol. The number of sulfonamides is 1. The van der Waals surface area contributed by atoms with Crippen LogP contribution in [-0.4, -0.2) is 34.5 Å². The monoisotopic (exact) mass is 495 g/mol. The van der Waals surface area contributed by atoms with Gasteiger partial charge in [-0.2, -0.15) is 0 Å². The predicted molar refractivity (Wildman–Crippen MR) is 136 cm³/mol. The average Bonchev–Trinajstić information content (AvgIpc) is 3.38. The Morgan fingerprint density at radius 2 is 1.77 bits per heavy atom.